The van der Waals surface area contributed by atoms with Crippen LogP contribution in [-0.4, -0.2) is 28.6 Å². The van der Waals surface area contributed by atoms with E-state index in [2.05, 4.69) is 28.9 Å². The van der Waals surface area contributed by atoms with E-state index in [1.165, 1.54) is 5.56 Å². The van der Waals surface area contributed by atoms with Gasteiger partial charge in [0.2, 0.25) is 5.91 Å². The third-order valence-corrected chi connectivity index (χ3v) is 5.02. The average molecular weight is 422 g/mol. The van der Waals surface area contributed by atoms with E-state index in [4.69, 9.17) is 10.5 Å². The molecule has 164 valence electrons. The lowest BCUT2D eigenvalue weighted by molar-refractivity contribution is -0.152. The second-order valence-corrected chi connectivity index (χ2v) is 8.63. The summed E-state index contributed by atoms with van der Waals surface area (Å²) in [6.45, 7) is 8.33. The van der Waals surface area contributed by atoms with Crippen LogP contribution >= 0.6 is 0 Å². The smallest absolute Gasteiger partial charge is 0.325 e. The number of carbonyl (C=O) groups excluding carboxylic acids is 2. The maximum atomic E-state index is 12.2. The zero-order valence-electron chi connectivity index (χ0n) is 18.7. The Morgan fingerprint density at radius 2 is 1.77 bits per heavy atom. The molecule has 6 nitrogen and oxygen atoms in total. The molecule has 3 aromatic rings. The summed E-state index contributed by atoms with van der Waals surface area (Å²) in [6.07, 6.45) is 0.905. The number of nitrogens with one attached hydrogen (secondary N) is 1. The number of anilines is 1. The molecule has 0 aliphatic heterocycles. The molecule has 3 N–H and O–H groups in total. The van der Waals surface area contributed by atoms with Crippen LogP contribution in [0.2, 0.25) is 0 Å². The third-order valence-electron chi connectivity index (χ3n) is 5.02. The van der Waals surface area contributed by atoms with Gasteiger partial charge < -0.3 is 20.4 Å². The van der Waals surface area contributed by atoms with Gasteiger partial charge in [0.25, 0.3) is 0 Å². The number of aromatic nitrogens is 1. The van der Waals surface area contributed by atoms with Gasteiger partial charge in [0.05, 0.1) is 11.9 Å². The van der Waals surface area contributed by atoms with Crippen molar-refractivity contribution in [2.75, 3.05) is 11.9 Å². The lowest BCUT2D eigenvalue weighted by Gasteiger charge is -2.20. The number of carbonyl (C=O) groups is 2. The van der Waals surface area contributed by atoms with E-state index in [0.29, 0.717) is 6.54 Å². The van der Waals surface area contributed by atoms with Crippen molar-refractivity contribution in [3.8, 4) is 0 Å². The molecule has 0 aliphatic rings. The van der Waals surface area contributed by atoms with Crippen molar-refractivity contribution in [3.63, 3.8) is 0 Å². The van der Waals surface area contributed by atoms with Gasteiger partial charge in [-0.1, -0.05) is 43.3 Å². The number of primary amides is 1. The summed E-state index contributed by atoms with van der Waals surface area (Å²) in [5.41, 5.74) is 10.0. The number of ether oxygens (including phenoxy) is 1. The van der Waals surface area contributed by atoms with Gasteiger partial charge in [-0.25, -0.2) is 0 Å². The highest BCUT2D eigenvalue weighted by atomic mass is 16.6. The first-order valence-electron chi connectivity index (χ1n) is 10.6. The maximum absolute atomic E-state index is 12.2. The SMILES string of the molecule is CCc1c(CC(N)=O)c2c(NCC(=O)OC(C)(C)C)cccc2n1Cc1ccccc1. The van der Waals surface area contributed by atoms with Crippen molar-refractivity contribution < 1.29 is 14.3 Å². The Labute approximate surface area is 183 Å². The lowest BCUT2D eigenvalue weighted by atomic mass is 10.0. The largest absolute Gasteiger partial charge is 0.459 e. The van der Waals surface area contributed by atoms with Gasteiger partial charge in [-0.2, -0.15) is 0 Å². The fourth-order valence-corrected chi connectivity index (χ4v) is 3.94. The van der Waals surface area contributed by atoms with E-state index in [1.807, 2.05) is 57.2 Å². The molecule has 6 heteroatoms. The summed E-state index contributed by atoms with van der Waals surface area (Å²) < 4.78 is 7.65. The second kappa shape index (κ2) is 9.25. The van der Waals surface area contributed by atoms with Crippen LogP contribution in [0.5, 0.6) is 0 Å². The summed E-state index contributed by atoms with van der Waals surface area (Å²) >= 11 is 0. The summed E-state index contributed by atoms with van der Waals surface area (Å²) in [7, 11) is 0. The fraction of sp³-hybridized carbons (Fsp3) is 0.360. The van der Waals surface area contributed by atoms with Gasteiger partial charge >= 0.3 is 5.97 Å². The van der Waals surface area contributed by atoms with Gasteiger partial charge in [0.1, 0.15) is 12.1 Å². The highest BCUT2D eigenvalue weighted by Crippen LogP contribution is 2.34. The van der Waals surface area contributed by atoms with Crippen LogP contribution in [0.1, 0.15) is 44.5 Å². The van der Waals surface area contributed by atoms with Crippen molar-refractivity contribution in [2.24, 2.45) is 5.73 Å². The maximum Gasteiger partial charge on any atom is 0.325 e. The van der Waals surface area contributed by atoms with Crippen molar-refractivity contribution in [1.29, 1.82) is 0 Å². The van der Waals surface area contributed by atoms with Gasteiger partial charge in [-0.05, 0) is 50.5 Å². The van der Waals surface area contributed by atoms with Crippen molar-refractivity contribution in [2.45, 2.75) is 52.7 Å². The monoisotopic (exact) mass is 421 g/mol. The Hall–Kier alpha value is -3.28. The Bertz CT molecular complexity index is 1080. The van der Waals surface area contributed by atoms with E-state index in [9.17, 15) is 9.59 Å². The topological polar surface area (TPSA) is 86.3 Å². The average Bonchev–Trinajstić information content (AvgIpc) is 2.98. The van der Waals surface area contributed by atoms with Crippen LogP contribution in [-0.2, 0) is 33.7 Å². The molecule has 0 aliphatic carbocycles. The minimum absolute atomic E-state index is 0.0394. The van der Waals surface area contributed by atoms with Crippen LogP contribution in [0, 0.1) is 0 Å². The van der Waals surface area contributed by atoms with Gasteiger partial charge in [-0.15, -0.1) is 0 Å². The molecule has 2 aromatic carbocycles. The number of esters is 1. The number of rotatable bonds is 8. The predicted octanol–water partition coefficient (Wildman–Crippen LogP) is 4.03. The zero-order valence-corrected chi connectivity index (χ0v) is 18.7. The first kappa shape index (κ1) is 22.4. The molecule has 0 fully saturated rings. The van der Waals surface area contributed by atoms with E-state index in [1.54, 1.807) is 0 Å². The van der Waals surface area contributed by atoms with E-state index in [0.717, 1.165) is 34.3 Å². The number of benzene rings is 2. The molecule has 1 heterocycles. The molecular formula is C25H31N3O3. The molecular weight excluding hydrogens is 390 g/mol. The van der Waals surface area contributed by atoms with Gasteiger partial charge in [0.15, 0.2) is 0 Å². The van der Waals surface area contributed by atoms with E-state index < -0.39 is 5.60 Å². The summed E-state index contributed by atoms with van der Waals surface area (Å²) in [5.74, 6) is -0.712. The van der Waals surface area contributed by atoms with Gasteiger partial charge in [0, 0.05) is 23.3 Å². The zero-order chi connectivity index (χ0) is 22.6. The number of fused-ring (bicyclic) bond motifs is 1. The van der Waals surface area contributed by atoms with Crippen LogP contribution in [0.25, 0.3) is 10.9 Å². The standard InChI is InChI=1S/C25H31N3O3/c1-5-20-18(14-22(26)29)24-19(27-15-23(30)31-25(2,3)4)12-9-13-21(24)28(20)16-17-10-7-6-8-11-17/h6-13,27H,5,14-16H2,1-4H3,(H2,26,29). The van der Waals surface area contributed by atoms with Crippen LogP contribution < -0.4 is 11.1 Å². The van der Waals surface area contributed by atoms with E-state index in [-0.39, 0.29) is 24.8 Å². The summed E-state index contributed by atoms with van der Waals surface area (Å²) in [6, 6.07) is 16.1. The molecule has 3 rings (SSSR count). The highest BCUT2D eigenvalue weighted by molar-refractivity contribution is 5.99. The summed E-state index contributed by atoms with van der Waals surface area (Å²) in [5, 5.41) is 4.14. The molecule has 0 saturated carbocycles. The molecule has 1 aromatic heterocycles. The van der Waals surface area contributed by atoms with Crippen molar-refractivity contribution >= 4 is 28.5 Å². The number of amides is 1. The third kappa shape index (κ3) is 5.45. The molecule has 0 saturated heterocycles. The van der Waals surface area contributed by atoms with Crippen LogP contribution in [0.4, 0.5) is 5.69 Å². The Kier molecular flexibility index (Phi) is 6.68. The lowest BCUT2D eigenvalue weighted by Crippen LogP contribution is -2.28. The predicted molar refractivity (Wildman–Crippen MR) is 124 cm³/mol. The molecule has 31 heavy (non-hydrogen) atoms. The van der Waals surface area contributed by atoms with Crippen LogP contribution in [0.3, 0.4) is 0 Å². The van der Waals surface area contributed by atoms with E-state index >= 15 is 0 Å². The van der Waals surface area contributed by atoms with Crippen molar-refractivity contribution in [1.82, 2.24) is 4.57 Å². The first-order valence-corrected chi connectivity index (χ1v) is 10.6. The van der Waals surface area contributed by atoms with Gasteiger partial charge in [-0.3, -0.25) is 9.59 Å². The number of nitrogens with zero attached hydrogens (tertiary/aromatic N) is 1. The van der Waals surface area contributed by atoms with Crippen LogP contribution in [0.15, 0.2) is 48.5 Å². The molecule has 1 amide bonds. The number of hydrogen-bond acceptors (Lipinski definition) is 4. The van der Waals surface area contributed by atoms with Crippen molar-refractivity contribution in [3.05, 3.63) is 65.4 Å². The first-order chi connectivity index (χ1) is 14.7. The highest BCUT2D eigenvalue weighted by Gasteiger charge is 2.21. The normalized spacial score (nSPS) is 11.5. The minimum Gasteiger partial charge on any atom is -0.459 e. The number of hydrogen-bond donors (Lipinski definition) is 2. The Morgan fingerprint density at radius 1 is 1.06 bits per heavy atom. The minimum atomic E-state index is -0.545. The molecule has 0 spiro atoms. The molecule has 0 atom stereocenters. The fourth-order valence-electron chi connectivity index (χ4n) is 3.94. The Morgan fingerprint density at radius 3 is 2.39 bits per heavy atom. The number of nitrogens with two attached hydrogens (primary N) is 1. The Balaban J connectivity index is 2.06. The quantitative estimate of drug-likeness (QED) is 0.538. The molecule has 0 unspecified atom stereocenters. The second-order valence-electron chi connectivity index (χ2n) is 8.63. The summed E-state index contributed by atoms with van der Waals surface area (Å²) in [4.78, 5) is 24.1. The molecule has 0 radical (unpaired) electrons. The molecule has 0 bridgehead atoms.